The number of likely N-dealkylation sites (tertiary alicyclic amines) is 1. The third-order valence-corrected chi connectivity index (χ3v) is 3.77. The number of hydrogen-bond acceptors (Lipinski definition) is 4. The number of likely N-dealkylation sites (N-methyl/N-ethyl adjacent to an activating group) is 1. The highest BCUT2D eigenvalue weighted by Gasteiger charge is 2.29. The fourth-order valence-electron chi connectivity index (χ4n) is 2.63. The predicted octanol–water partition coefficient (Wildman–Crippen LogP) is 1.34. The number of amides is 1. The van der Waals surface area contributed by atoms with Crippen LogP contribution >= 0.6 is 0 Å². The Morgan fingerprint density at radius 1 is 1.48 bits per heavy atom. The highest BCUT2D eigenvalue weighted by Crippen LogP contribution is 2.17. The summed E-state index contributed by atoms with van der Waals surface area (Å²) in [6.45, 7) is 2.26. The summed E-state index contributed by atoms with van der Waals surface area (Å²) < 4.78 is 5.71. The van der Waals surface area contributed by atoms with Crippen LogP contribution in [0.15, 0.2) is 24.3 Å². The number of nitrogens with one attached hydrogen (secondary N) is 1. The predicted molar refractivity (Wildman–Crippen MR) is 79.9 cm³/mol. The number of carbonyl (C=O) groups is 1. The van der Waals surface area contributed by atoms with Crippen LogP contribution in [0.5, 0.6) is 5.75 Å². The van der Waals surface area contributed by atoms with Gasteiger partial charge in [0.2, 0.25) is 5.91 Å². The lowest BCUT2D eigenvalue weighted by Crippen LogP contribution is -2.43. The summed E-state index contributed by atoms with van der Waals surface area (Å²) in [5.41, 5.74) is 0.990. The highest BCUT2D eigenvalue weighted by atomic mass is 16.5. The van der Waals surface area contributed by atoms with Crippen molar-refractivity contribution in [2.24, 2.45) is 0 Å². The van der Waals surface area contributed by atoms with Crippen LogP contribution < -0.4 is 10.1 Å². The van der Waals surface area contributed by atoms with Crippen molar-refractivity contribution in [1.82, 2.24) is 10.2 Å². The van der Waals surface area contributed by atoms with Crippen LogP contribution in [0.25, 0.3) is 0 Å². The second-order valence-corrected chi connectivity index (χ2v) is 5.14. The van der Waals surface area contributed by atoms with Crippen LogP contribution in [-0.2, 0) is 11.2 Å². The number of ether oxygens (including phenoxy) is 1. The van der Waals surface area contributed by atoms with Gasteiger partial charge >= 0.3 is 0 Å². The molecule has 1 aliphatic rings. The Morgan fingerprint density at radius 3 is 2.90 bits per heavy atom. The van der Waals surface area contributed by atoms with Gasteiger partial charge in [0.05, 0.1) is 18.5 Å². The molecule has 0 saturated carbocycles. The Balaban J connectivity index is 1.78. The van der Waals surface area contributed by atoms with Crippen LogP contribution in [0.3, 0.4) is 0 Å². The molecule has 0 aromatic heterocycles. The van der Waals surface area contributed by atoms with E-state index in [0.717, 1.165) is 37.2 Å². The number of nitrogens with zero attached hydrogens (tertiary/aromatic N) is 2. The van der Waals surface area contributed by atoms with E-state index in [9.17, 15) is 4.79 Å². The normalized spacial score (nSPS) is 18.2. The van der Waals surface area contributed by atoms with E-state index in [1.807, 2.05) is 24.3 Å². The molecule has 0 aliphatic carbocycles. The first-order valence-electron chi connectivity index (χ1n) is 7.29. The zero-order chi connectivity index (χ0) is 15.1. The summed E-state index contributed by atoms with van der Waals surface area (Å²) in [6.07, 6.45) is 2.39. The van der Waals surface area contributed by atoms with E-state index in [4.69, 9.17) is 10.00 Å². The lowest BCUT2D eigenvalue weighted by molar-refractivity contribution is -0.125. The van der Waals surface area contributed by atoms with E-state index in [-0.39, 0.29) is 11.9 Å². The van der Waals surface area contributed by atoms with Crippen molar-refractivity contribution in [2.75, 3.05) is 26.7 Å². The number of carbonyl (C=O) groups excluding carboxylic acids is 1. The molecule has 112 valence electrons. The Bertz CT molecular complexity index is 507. The second kappa shape index (κ2) is 7.65. The highest BCUT2D eigenvalue weighted by molar-refractivity contribution is 5.81. The molecule has 1 fully saturated rings. The first-order valence-corrected chi connectivity index (χ1v) is 7.29. The first kappa shape index (κ1) is 15.3. The van der Waals surface area contributed by atoms with Gasteiger partial charge in [0.25, 0.3) is 0 Å². The van der Waals surface area contributed by atoms with E-state index in [0.29, 0.717) is 13.0 Å². The second-order valence-electron chi connectivity index (χ2n) is 5.14. The van der Waals surface area contributed by atoms with Gasteiger partial charge in [-0.05, 0) is 37.1 Å². The summed E-state index contributed by atoms with van der Waals surface area (Å²) in [6, 6.07) is 9.67. The van der Waals surface area contributed by atoms with Crippen molar-refractivity contribution < 1.29 is 9.53 Å². The Morgan fingerprint density at radius 2 is 2.24 bits per heavy atom. The number of hydrogen-bond donors (Lipinski definition) is 1. The number of nitriles is 1. The van der Waals surface area contributed by atoms with Gasteiger partial charge in [0, 0.05) is 13.6 Å². The Kier molecular flexibility index (Phi) is 5.59. The van der Waals surface area contributed by atoms with Gasteiger partial charge in [0.1, 0.15) is 12.4 Å². The first-order chi connectivity index (χ1) is 10.2. The lowest BCUT2D eigenvalue weighted by Gasteiger charge is -2.22. The topological polar surface area (TPSA) is 65.4 Å². The fourth-order valence-corrected chi connectivity index (χ4v) is 2.63. The molecule has 1 amide bonds. The largest absolute Gasteiger partial charge is 0.492 e. The van der Waals surface area contributed by atoms with E-state index >= 15 is 0 Å². The van der Waals surface area contributed by atoms with E-state index in [1.54, 1.807) is 7.05 Å². The van der Waals surface area contributed by atoms with Gasteiger partial charge in [-0.3, -0.25) is 9.69 Å². The molecule has 1 atom stereocenters. The van der Waals surface area contributed by atoms with Crippen LogP contribution in [0, 0.1) is 11.3 Å². The molecule has 1 heterocycles. The summed E-state index contributed by atoms with van der Waals surface area (Å²) in [5, 5.41) is 11.3. The standard InChI is InChI=1S/C16H21N3O2/c1-18-16(20)15-3-2-10-19(15)11-12-21-14-6-4-13(5-7-14)8-9-17/h4-7,15H,2-3,8,10-12H2,1H3,(H,18,20). The summed E-state index contributed by atoms with van der Waals surface area (Å²) in [5.74, 6) is 0.890. The molecule has 0 spiro atoms. The summed E-state index contributed by atoms with van der Waals surface area (Å²) in [7, 11) is 1.68. The molecule has 5 heteroatoms. The quantitative estimate of drug-likeness (QED) is 0.857. The van der Waals surface area contributed by atoms with Crippen molar-refractivity contribution >= 4 is 5.91 Å². The third-order valence-electron chi connectivity index (χ3n) is 3.77. The van der Waals surface area contributed by atoms with Gasteiger partial charge in [-0.2, -0.15) is 5.26 Å². The van der Waals surface area contributed by atoms with Gasteiger partial charge in [-0.25, -0.2) is 0 Å². The van der Waals surface area contributed by atoms with E-state index < -0.39 is 0 Å². The fraction of sp³-hybridized carbons (Fsp3) is 0.500. The smallest absolute Gasteiger partial charge is 0.237 e. The molecule has 1 aliphatic heterocycles. The molecular formula is C16H21N3O2. The van der Waals surface area contributed by atoms with Crippen LogP contribution in [0.1, 0.15) is 18.4 Å². The van der Waals surface area contributed by atoms with Gasteiger partial charge in [-0.1, -0.05) is 12.1 Å². The summed E-state index contributed by atoms with van der Waals surface area (Å²) in [4.78, 5) is 13.9. The van der Waals surface area contributed by atoms with Crippen molar-refractivity contribution in [2.45, 2.75) is 25.3 Å². The molecule has 1 aromatic carbocycles. The lowest BCUT2D eigenvalue weighted by atomic mass is 10.2. The van der Waals surface area contributed by atoms with Crippen molar-refractivity contribution in [3.05, 3.63) is 29.8 Å². The molecule has 21 heavy (non-hydrogen) atoms. The minimum atomic E-state index is -0.0170. The molecule has 1 unspecified atom stereocenters. The maximum absolute atomic E-state index is 11.7. The maximum atomic E-state index is 11.7. The van der Waals surface area contributed by atoms with Crippen LogP contribution in [0.2, 0.25) is 0 Å². The molecule has 1 N–H and O–H groups in total. The van der Waals surface area contributed by atoms with Gasteiger partial charge in [0.15, 0.2) is 0 Å². The average Bonchev–Trinajstić information content (AvgIpc) is 2.97. The molecule has 2 rings (SSSR count). The van der Waals surface area contributed by atoms with Crippen molar-refractivity contribution in [3.8, 4) is 11.8 Å². The molecule has 0 radical (unpaired) electrons. The minimum Gasteiger partial charge on any atom is -0.492 e. The Hall–Kier alpha value is -2.06. The monoisotopic (exact) mass is 287 g/mol. The number of benzene rings is 1. The van der Waals surface area contributed by atoms with E-state index in [1.165, 1.54) is 0 Å². The minimum absolute atomic E-state index is 0.0170. The van der Waals surface area contributed by atoms with E-state index in [2.05, 4.69) is 16.3 Å². The van der Waals surface area contributed by atoms with Crippen LogP contribution in [-0.4, -0.2) is 43.6 Å². The average molecular weight is 287 g/mol. The molecule has 5 nitrogen and oxygen atoms in total. The third kappa shape index (κ3) is 4.20. The maximum Gasteiger partial charge on any atom is 0.237 e. The molecule has 0 bridgehead atoms. The SMILES string of the molecule is CNC(=O)C1CCCN1CCOc1ccc(CC#N)cc1. The van der Waals surface area contributed by atoms with Crippen molar-refractivity contribution in [1.29, 1.82) is 5.26 Å². The zero-order valence-corrected chi connectivity index (χ0v) is 12.3. The Labute approximate surface area is 125 Å². The number of rotatable bonds is 6. The molecule has 1 saturated heterocycles. The summed E-state index contributed by atoms with van der Waals surface area (Å²) >= 11 is 0. The van der Waals surface area contributed by atoms with Crippen LogP contribution in [0.4, 0.5) is 0 Å². The van der Waals surface area contributed by atoms with Gasteiger partial charge in [-0.15, -0.1) is 0 Å². The molecular weight excluding hydrogens is 266 g/mol. The molecule has 1 aromatic rings. The van der Waals surface area contributed by atoms with Gasteiger partial charge < -0.3 is 10.1 Å². The van der Waals surface area contributed by atoms with Crippen molar-refractivity contribution in [3.63, 3.8) is 0 Å². The zero-order valence-electron chi connectivity index (χ0n) is 12.3.